The predicted octanol–water partition coefficient (Wildman–Crippen LogP) is 2.38. The van der Waals surface area contributed by atoms with Crippen LogP contribution >= 0.6 is 0 Å². The Morgan fingerprint density at radius 3 is 2.21 bits per heavy atom. The fourth-order valence-corrected chi connectivity index (χ4v) is 4.82. The number of aliphatic hydroxyl groups is 1. The first kappa shape index (κ1) is 18.1. The van der Waals surface area contributed by atoms with Crippen molar-refractivity contribution < 1.29 is 9.90 Å². The summed E-state index contributed by atoms with van der Waals surface area (Å²) in [6, 6.07) is 19.8. The molecule has 2 atom stereocenters. The van der Waals surface area contributed by atoms with Gasteiger partial charge in [0, 0.05) is 37.8 Å². The molecule has 5 rings (SSSR count). The zero-order chi connectivity index (χ0) is 19.8. The molecule has 1 saturated heterocycles. The number of rotatable bonds is 4. The summed E-state index contributed by atoms with van der Waals surface area (Å²) in [5.74, 6) is 1.92. The van der Waals surface area contributed by atoms with Crippen LogP contribution in [0.3, 0.4) is 0 Å². The summed E-state index contributed by atoms with van der Waals surface area (Å²) in [6.45, 7) is 1.37. The van der Waals surface area contributed by atoms with Crippen molar-refractivity contribution in [2.75, 3.05) is 6.54 Å². The van der Waals surface area contributed by atoms with Gasteiger partial charge in [0.25, 0.3) is 0 Å². The third-order valence-corrected chi connectivity index (χ3v) is 6.35. The topological polar surface area (TPSA) is 80.0 Å². The van der Waals surface area contributed by atoms with E-state index in [1.807, 2.05) is 60.7 Å². The third kappa shape index (κ3) is 3.04. The van der Waals surface area contributed by atoms with Crippen LogP contribution in [0.5, 0.6) is 0 Å². The first-order chi connectivity index (χ1) is 14.2. The highest BCUT2D eigenvalue weighted by Crippen LogP contribution is 2.42. The molecule has 3 aromatic rings. The molecule has 1 fully saturated rings. The van der Waals surface area contributed by atoms with E-state index in [9.17, 15) is 9.90 Å². The summed E-state index contributed by atoms with van der Waals surface area (Å²) in [6.07, 6.45) is 1.92. The van der Waals surface area contributed by atoms with E-state index >= 15 is 0 Å². The summed E-state index contributed by atoms with van der Waals surface area (Å²) in [7, 11) is 0. The van der Waals surface area contributed by atoms with Crippen molar-refractivity contribution in [1.29, 1.82) is 0 Å². The Labute approximate surface area is 169 Å². The molecule has 1 aromatic heterocycles. The number of nitrogens with one attached hydrogen (secondary N) is 1. The van der Waals surface area contributed by atoms with Crippen LogP contribution in [0.25, 0.3) is 0 Å². The van der Waals surface area contributed by atoms with Gasteiger partial charge < -0.3 is 15.0 Å². The van der Waals surface area contributed by atoms with Crippen molar-refractivity contribution in [2.45, 2.75) is 37.3 Å². The molecule has 2 aliphatic rings. The van der Waals surface area contributed by atoms with E-state index in [0.29, 0.717) is 19.4 Å². The number of hydrogen-bond donors (Lipinski definition) is 2. The zero-order valence-electron chi connectivity index (χ0n) is 16.2. The van der Waals surface area contributed by atoms with Gasteiger partial charge in [-0.1, -0.05) is 60.7 Å². The Balaban J connectivity index is 1.50. The van der Waals surface area contributed by atoms with E-state index in [1.54, 1.807) is 0 Å². The minimum Gasteiger partial charge on any atom is -0.380 e. The van der Waals surface area contributed by atoms with Gasteiger partial charge in [-0.15, -0.1) is 10.2 Å². The molecule has 2 aromatic carbocycles. The second-order valence-corrected chi connectivity index (χ2v) is 8.02. The molecule has 29 heavy (non-hydrogen) atoms. The number of nitrogens with zero attached hydrogens (tertiary/aromatic N) is 3. The van der Waals surface area contributed by atoms with Crippen molar-refractivity contribution in [3.8, 4) is 0 Å². The summed E-state index contributed by atoms with van der Waals surface area (Å²) in [5.41, 5.74) is 0.704. The van der Waals surface area contributed by atoms with Gasteiger partial charge in [0.05, 0.1) is 0 Å². The van der Waals surface area contributed by atoms with E-state index in [-0.39, 0.29) is 17.7 Å². The average molecular weight is 388 g/mol. The molecule has 0 bridgehead atoms. The van der Waals surface area contributed by atoms with Gasteiger partial charge >= 0.3 is 0 Å². The molecule has 3 heterocycles. The molecule has 2 unspecified atom stereocenters. The van der Waals surface area contributed by atoms with Crippen LogP contribution in [0.4, 0.5) is 0 Å². The molecule has 6 heteroatoms. The van der Waals surface area contributed by atoms with Crippen LogP contribution in [0, 0.1) is 5.92 Å². The largest absolute Gasteiger partial charge is 0.380 e. The van der Waals surface area contributed by atoms with Crippen LogP contribution in [-0.2, 0) is 23.4 Å². The van der Waals surface area contributed by atoms with Crippen LogP contribution in [0.15, 0.2) is 60.7 Å². The highest BCUT2D eigenvalue weighted by molar-refractivity contribution is 5.79. The van der Waals surface area contributed by atoms with Gasteiger partial charge in [0.15, 0.2) is 0 Å². The first-order valence-corrected chi connectivity index (χ1v) is 10.2. The minimum atomic E-state index is -1.09. The average Bonchev–Trinajstić information content (AvgIpc) is 3.39. The van der Waals surface area contributed by atoms with Crippen molar-refractivity contribution in [3.63, 3.8) is 0 Å². The lowest BCUT2D eigenvalue weighted by atomic mass is 9.72. The molecule has 0 saturated carbocycles. The predicted molar refractivity (Wildman–Crippen MR) is 108 cm³/mol. The maximum atomic E-state index is 12.0. The van der Waals surface area contributed by atoms with Gasteiger partial charge in [-0.25, -0.2) is 0 Å². The first-order valence-electron chi connectivity index (χ1n) is 10.2. The van der Waals surface area contributed by atoms with Gasteiger partial charge in [-0.05, 0) is 17.5 Å². The summed E-state index contributed by atoms with van der Waals surface area (Å²) >= 11 is 0. The highest BCUT2D eigenvalue weighted by atomic mass is 16.3. The Morgan fingerprint density at radius 1 is 0.966 bits per heavy atom. The van der Waals surface area contributed by atoms with Crippen LogP contribution in [0.2, 0.25) is 0 Å². The Morgan fingerprint density at radius 2 is 1.62 bits per heavy atom. The van der Waals surface area contributed by atoms with Gasteiger partial charge in [0.1, 0.15) is 17.2 Å². The van der Waals surface area contributed by atoms with E-state index in [2.05, 4.69) is 20.1 Å². The maximum absolute atomic E-state index is 12.0. The second kappa shape index (κ2) is 7.12. The Hall–Kier alpha value is -2.99. The lowest BCUT2D eigenvalue weighted by molar-refractivity contribution is -0.119. The van der Waals surface area contributed by atoms with Crippen LogP contribution in [0.1, 0.15) is 41.5 Å². The van der Waals surface area contributed by atoms with Crippen molar-refractivity contribution in [3.05, 3.63) is 83.4 Å². The number of fused-ring (bicyclic) bond motifs is 1. The van der Waals surface area contributed by atoms with Crippen molar-refractivity contribution in [1.82, 2.24) is 20.1 Å². The Kier molecular flexibility index (Phi) is 4.43. The van der Waals surface area contributed by atoms with E-state index in [1.165, 1.54) is 0 Å². The normalized spacial score (nSPS) is 21.6. The van der Waals surface area contributed by atoms with Crippen LogP contribution in [-0.4, -0.2) is 32.3 Å². The van der Waals surface area contributed by atoms with Crippen molar-refractivity contribution >= 4 is 5.91 Å². The molecular formula is C23H24N4O2. The molecule has 0 spiro atoms. The third-order valence-electron chi connectivity index (χ3n) is 6.35. The number of aromatic nitrogens is 3. The summed E-state index contributed by atoms with van der Waals surface area (Å²) in [4.78, 5) is 11.6. The highest BCUT2D eigenvalue weighted by Gasteiger charge is 2.43. The number of amides is 1. The monoisotopic (exact) mass is 388 g/mol. The fourth-order valence-electron chi connectivity index (χ4n) is 4.82. The van der Waals surface area contributed by atoms with Gasteiger partial charge in [-0.3, -0.25) is 4.79 Å². The second-order valence-electron chi connectivity index (χ2n) is 8.02. The number of carbonyl (C=O) groups is 1. The maximum Gasteiger partial charge on any atom is 0.220 e. The van der Waals surface area contributed by atoms with E-state index in [4.69, 9.17) is 0 Å². The van der Waals surface area contributed by atoms with Gasteiger partial charge in [-0.2, -0.15) is 0 Å². The quantitative estimate of drug-likeness (QED) is 0.719. The summed E-state index contributed by atoms with van der Waals surface area (Å²) < 4.78 is 2.15. The lowest BCUT2D eigenvalue weighted by Crippen LogP contribution is -2.41. The van der Waals surface area contributed by atoms with E-state index < -0.39 is 5.60 Å². The molecule has 2 aliphatic heterocycles. The van der Waals surface area contributed by atoms with Gasteiger partial charge in [0.2, 0.25) is 5.91 Å². The van der Waals surface area contributed by atoms with Crippen LogP contribution < -0.4 is 5.32 Å². The smallest absolute Gasteiger partial charge is 0.220 e. The standard InChI is InChI=1S/C23H24N4O2/c28-21-13-16(15-24-21)22-26-25-20-14-19(11-12-27(20)22)23(29,17-7-3-1-4-8-17)18-9-5-2-6-10-18/h1-10,16,19,29H,11-15H2,(H,24,28). The Bertz CT molecular complexity index is 976. The number of benzene rings is 2. The molecule has 2 N–H and O–H groups in total. The molecule has 1 amide bonds. The minimum absolute atomic E-state index is 0.0137. The molecule has 0 radical (unpaired) electrons. The number of carbonyl (C=O) groups excluding carboxylic acids is 1. The van der Waals surface area contributed by atoms with Crippen molar-refractivity contribution in [2.24, 2.45) is 5.92 Å². The molecule has 148 valence electrons. The summed E-state index contributed by atoms with van der Waals surface area (Å²) in [5, 5.41) is 23.8. The molecule has 6 nitrogen and oxygen atoms in total. The molecular weight excluding hydrogens is 364 g/mol. The lowest BCUT2D eigenvalue weighted by Gasteiger charge is -2.39. The number of hydrogen-bond acceptors (Lipinski definition) is 4. The van der Waals surface area contributed by atoms with E-state index in [0.717, 1.165) is 35.7 Å². The fraction of sp³-hybridized carbons (Fsp3) is 0.348. The zero-order valence-corrected chi connectivity index (χ0v) is 16.2. The SMILES string of the molecule is O=C1CC(c2nnc3n2CCC(C(O)(c2ccccc2)c2ccccc2)C3)CN1. The molecule has 0 aliphatic carbocycles.